The van der Waals surface area contributed by atoms with Crippen LogP contribution in [0.2, 0.25) is 0 Å². The maximum atomic E-state index is 8.66. The lowest BCUT2D eigenvalue weighted by atomic mass is 10.4. The molecule has 0 radical (unpaired) electrons. The molecule has 42 valence electrons. The quantitative estimate of drug-likeness (QED) is 0.444. The molecule has 7 heavy (non-hydrogen) atoms. The van der Waals surface area contributed by atoms with Crippen molar-refractivity contribution in [3.8, 4) is 0 Å². The predicted octanol–water partition coefficient (Wildman–Crippen LogP) is -0.648. The Kier molecular flexibility index (Phi) is 1.62. The summed E-state index contributed by atoms with van der Waals surface area (Å²) in [7, 11) is 0. The summed E-state index contributed by atoms with van der Waals surface area (Å²) in [4.78, 5) is 0. The van der Waals surface area contributed by atoms with Crippen molar-refractivity contribution in [2.75, 3.05) is 20.0 Å². The second kappa shape index (κ2) is 2.26. The average Bonchev–Trinajstić information content (AvgIpc) is 1.69. The lowest BCUT2D eigenvalue weighted by Crippen LogP contribution is -2.28. The molecular formula is C4H8O3. The van der Waals surface area contributed by atoms with Crippen molar-refractivity contribution in [1.82, 2.24) is 0 Å². The highest BCUT2D eigenvalue weighted by atomic mass is 16.7. The second-order valence-electron chi connectivity index (χ2n) is 1.51. The zero-order valence-corrected chi connectivity index (χ0v) is 3.96. The van der Waals surface area contributed by atoms with Crippen molar-refractivity contribution in [2.24, 2.45) is 0 Å². The van der Waals surface area contributed by atoms with Crippen LogP contribution < -0.4 is 0 Å². The van der Waals surface area contributed by atoms with Gasteiger partial charge in [-0.3, -0.25) is 0 Å². The van der Waals surface area contributed by atoms with Gasteiger partial charge in [0.1, 0.15) is 12.9 Å². The number of hydrogen-bond donors (Lipinski definition) is 1. The normalized spacial score (nSPS) is 25.3. The Morgan fingerprint density at radius 1 is 1.29 bits per heavy atom. The van der Waals surface area contributed by atoms with E-state index in [4.69, 9.17) is 14.6 Å². The monoisotopic (exact) mass is 104 g/mol. The van der Waals surface area contributed by atoms with Crippen LogP contribution in [0.1, 0.15) is 0 Å². The fourth-order valence-corrected chi connectivity index (χ4v) is 0.475. The minimum atomic E-state index is -0.409. The molecule has 1 N–H and O–H groups in total. The molecule has 1 aliphatic rings. The summed E-state index contributed by atoms with van der Waals surface area (Å²) in [6, 6.07) is 0. The van der Waals surface area contributed by atoms with Crippen LogP contribution in [0.15, 0.2) is 0 Å². The number of aliphatic hydroxyl groups is 1. The highest BCUT2D eigenvalue weighted by Gasteiger charge is 2.08. The zero-order valence-electron chi connectivity index (χ0n) is 3.96. The maximum Gasteiger partial charge on any atom is 0.146 e. The molecule has 0 aromatic carbocycles. The molecule has 0 atom stereocenters. The minimum absolute atomic E-state index is 0.330. The molecule has 0 unspecified atom stereocenters. The minimum Gasteiger partial charge on any atom is -0.388 e. The molecule has 0 saturated carbocycles. The van der Waals surface area contributed by atoms with Crippen molar-refractivity contribution < 1.29 is 14.6 Å². The van der Waals surface area contributed by atoms with Gasteiger partial charge in [0.2, 0.25) is 0 Å². The number of rotatable bonds is 0. The van der Waals surface area contributed by atoms with E-state index in [1.165, 1.54) is 0 Å². The van der Waals surface area contributed by atoms with Crippen LogP contribution in [0.25, 0.3) is 0 Å². The largest absolute Gasteiger partial charge is 0.388 e. The van der Waals surface area contributed by atoms with E-state index in [0.717, 1.165) is 0 Å². The van der Waals surface area contributed by atoms with Crippen LogP contribution >= 0.6 is 0 Å². The molecule has 0 amide bonds. The molecule has 0 aromatic rings. The van der Waals surface area contributed by atoms with Gasteiger partial charge in [0, 0.05) is 0 Å². The van der Waals surface area contributed by atoms with Gasteiger partial charge in [0.05, 0.1) is 13.2 Å². The first-order chi connectivity index (χ1) is 3.39. The maximum absolute atomic E-state index is 8.66. The van der Waals surface area contributed by atoms with Crippen molar-refractivity contribution in [3.63, 3.8) is 0 Å². The summed E-state index contributed by atoms with van der Waals surface area (Å²) in [6.07, 6.45) is -0.409. The zero-order chi connectivity index (χ0) is 5.11. The fourth-order valence-electron chi connectivity index (χ4n) is 0.475. The molecule has 0 aliphatic carbocycles. The molecule has 1 heterocycles. The van der Waals surface area contributed by atoms with Crippen molar-refractivity contribution in [3.05, 3.63) is 0 Å². The van der Waals surface area contributed by atoms with Gasteiger partial charge in [-0.25, -0.2) is 0 Å². The highest BCUT2D eigenvalue weighted by molar-refractivity contribution is 4.52. The van der Waals surface area contributed by atoms with E-state index in [0.29, 0.717) is 20.0 Å². The lowest BCUT2D eigenvalue weighted by molar-refractivity contribution is -0.150. The summed E-state index contributed by atoms with van der Waals surface area (Å²) in [5.74, 6) is 0. The third kappa shape index (κ3) is 1.43. The van der Waals surface area contributed by atoms with Gasteiger partial charge >= 0.3 is 0 Å². The Labute approximate surface area is 41.8 Å². The fraction of sp³-hybridized carbons (Fsp3) is 1.00. The molecule has 0 bridgehead atoms. The standard InChI is InChI=1S/C4H8O3/c5-4-1-6-3-7-2-4/h4-5H,1-3H2. The Hall–Kier alpha value is -0.120. The van der Waals surface area contributed by atoms with E-state index in [9.17, 15) is 0 Å². The highest BCUT2D eigenvalue weighted by Crippen LogP contribution is 1.93. The number of ether oxygens (including phenoxy) is 2. The Balaban J connectivity index is 2.12. The molecule has 3 nitrogen and oxygen atoms in total. The van der Waals surface area contributed by atoms with Gasteiger partial charge < -0.3 is 14.6 Å². The molecule has 0 aromatic heterocycles. The van der Waals surface area contributed by atoms with E-state index in [-0.39, 0.29) is 0 Å². The Morgan fingerprint density at radius 2 is 1.86 bits per heavy atom. The van der Waals surface area contributed by atoms with E-state index in [1.807, 2.05) is 0 Å². The topological polar surface area (TPSA) is 38.7 Å². The SMILES string of the molecule is OC1COCOC1. The number of aliphatic hydroxyl groups excluding tert-OH is 1. The molecule has 1 saturated heterocycles. The summed E-state index contributed by atoms with van der Waals surface area (Å²) in [6.45, 7) is 1.16. The lowest BCUT2D eigenvalue weighted by Gasteiger charge is -2.16. The molecular weight excluding hydrogens is 96.0 g/mol. The van der Waals surface area contributed by atoms with Crippen molar-refractivity contribution in [2.45, 2.75) is 6.10 Å². The van der Waals surface area contributed by atoms with Gasteiger partial charge in [-0.15, -0.1) is 0 Å². The van der Waals surface area contributed by atoms with Crippen LogP contribution in [0.5, 0.6) is 0 Å². The van der Waals surface area contributed by atoms with Crippen molar-refractivity contribution >= 4 is 0 Å². The van der Waals surface area contributed by atoms with E-state index < -0.39 is 6.10 Å². The number of hydrogen-bond acceptors (Lipinski definition) is 3. The molecule has 3 heteroatoms. The molecule has 1 aliphatic heterocycles. The van der Waals surface area contributed by atoms with Crippen LogP contribution in [0, 0.1) is 0 Å². The molecule has 1 fully saturated rings. The van der Waals surface area contributed by atoms with Crippen molar-refractivity contribution in [1.29, 1.82) is 0 Å². The summed E-state index contributed by atoms with van der Waals surface area (Å²) in [5.41, 5.74) is 0. The first-order valence-electron chi connectivity index (χ1n) is 2.23. The predicted molar refractivity (Wildman–Crippen MR) is 22.8 cm³/mol. The first kappa shape index (κ1) is 5.03. The van der Waals surface area contributed by atoms with Gasteiger partial charge in [-0.1, -0.05) is 0 Å². The van der Waals surface area contributed by atoms with Crippen LogP contribution in [0.4, 0.5) is 0 Å². The Bertz CT molecular complexity index is 48.9. The van der Waals surface area contributed by atoms with Crippen LogP contribution in [-0.2, 0) is 9.47 Å². The summed E-state index contributed by atoms with van der Waals surface area (Å²) < 4.78 is 9.42. The van der Waals surface area contributed by atoms with Gasteiger partial charge in [-0.2, -0.15) is 0 Å². The van der Waals surface area contributed by atoms with Crippen LogP contribution in [-0.4, -0.2) is 31.2 Å². The summed E-state index contributed by atoms with van der Waals surface area (Å²) in [5, 5.41) is 8.66. The van der Waals surface area contributed by atoms with Gasteiger partial charge in [0.15, 0.2) is 0 Å². The smallest absolute Gasteiger partial charge is 0.146 e. The first-order valence-corrected chi connectivity index (χ1v) is 2.23. The van der Waals surface area contributed by atoms with E-state index in [2.05, 4.69) is 0 Å². The summed E-state index contributed by atoms with van der Waals surface area (Å²) >= 11 is 0. The van der Waals surface area contributed by atoms with Gasteiger partial charge in [0.25, 0.3) is 0 Å². The third-order valence-electron chi connectivity index (χ3n) is 0.787. The third-order valence-corrected chi connectivity index (χ3v) is 0.787. The Morgan fingerprint density at radius 3 is 2.14 bits per heavy atom. The molecule has 0 spiro atoms. The van der Waals surface area contributed by atoms with Crippen LogP contribution in [0.3, 0.4) is 0 Å². The van der Waals surface area contributed by atoms with E-state index >= 15 is 0 Å². The van der Waals surface area contributed by atoms with E-state index in [1.54, 1.807) is 0 Å². The average molecular weight is 104 g/mol. The van der Waals surface area contributed by atoms with Gasteiger partial charge in [-0.05, 0) is 0 Å². The molecule has 1 rings (SSSR count). The second-order valence-corrected chi connectivity index (χ2v) is 1.51.